The van der Waals surface area contributed by atoms with E-state index in [1.165, 1.54) is 11.1 Å². The van der Waals surface area contributed by atoms with E-state index in [1.54, 1.807) is 19.9 Å². The standard InChI is InChI=1S/C36H56O3Si2/c1-28(16-15-23-36(8,9)37)31-18-14-17-29(24-31)19-20-30-21-22-32(26-38-40(10,11)34(2,3)4)33(25-30)27-39-41(12,13)35(5,6)7/h14-25,37H,26-27H2,1-13H3/b20-19?,23-15+,28-16-. The highest BCUT2D eigenvalue weighted by Crippen LogP contribution is 2.39. The highest BCUT2D eigenvalue weighted by Gasteiger charge is 2.38. The van der Waals surface area contributed by atoms with Crippen LogP contribution in [0.5, 0.6) is 0 Å². The molecule has 2 rings (SSSR count). The number of allylic oxidation sites excluding steroid dienone is 3. The van der Waals surface area contributed by atoms with Crippen LogP contribution in [0.1, 0.15) is 90.1 Å². The Hall–Kier alpha value is -2.03. The van der Waals surface area contributed by atoms with Gasteiger partial charge in [-0.3, -0.25) is 0 Å². The van der Waals surface area contributed by atoms with Crippen molar-refractivity contribution in [1.82, 2.24) is 0 Å². The van der Waals surface area contributed by atoms with E-state index >= 15 is 0 Å². The van der Waals surface area contributed by atoms with Gasteiger partial charge in [0, 0.05) is 0 Å². The second-order valence-corrected chi connectivity index (χ2v) is 24.6. The summed E-state index contributed by atoms with van der Waals surface area (Å²) in [5.41, 5.74) is 6.22. The zero-order valence-corrected chi connectivity index (χ0v) is 30.1. The van der Waals surface area contributed by atoms with Gasteiger partial charge in [0.25, 0.3) is 0 Å². The van der Waals surface area contributed by atoms with Crippen molar-refractivity contribution >= 4 is 34.4 Å². The lowest BCUT2D eigenvalue weighted by molar-refractivity contribution is 0.133. The van der Waals surface area contributed by atoms with Gasteiger partial charge in [0.05, 0.1) is 18.8 Å². The molecule has 0 aliphatic rings. The molecule has 0 saturated carbocycles. The van der Waals surface area contributed by atoms with E-state index in [0.717, 1.165) is 22.3 Å². The van der Waals surface area contributed by atoms with Crippen LogP contribution in [0.25, 0.3) is 17.7 Å². The topological polar surface area (TPSA) is 38.7 Å². The van der Waals surface area contributed by atoms with Crippen LogP contribution >= 0.6 is 0 Å². The Morgan fingerprint density at radius 2 is 1.24 bits per heavy atom. The largest absolute Gasteiger partial charge is 0.413 e. The summed E-state index contributed by atoms with van der Waals surface area (Å²) in [5, 5.41) is 10.3. The molecule has 0 bridgehead atoms. The zero-order valence-electron chi connectivity index (χ0n) is 28.1. The maximum atomic E-state index is 9.93. The fourth-order valence-corrected chi connectivity index (χ4v) is 5.48. The summed E-state index contributed by atoms with van der Waals surface area (Å²) in [6, 6.07) is 15.2. The van der Waals surface area contributed by atoms with Gasteiger partial charge in [-0.15, -0.1) is 0 Å². The van der Waals surface area contributed by atoms with Gasteiger partial charge in [0.2, 0.25) is 0 Å². The summed E-state index contributed by atoms with van der Waals surface area (Å²) in [6.45, 7) is 29.8. The van der Waals surface area contributed by atoms with Crippen LogP contribution in [0.15, 0.2) is 60.7 Å². The van der Waals surface area contributed by atoms with E-state index in [9.17, 15) is 5.11 Å². The van der Waals surface area contributed by atoms with Crippen LogP contribution in [-0.4, -0.2) is 27.3 Å². The van der Waals surface area contributed by atoms with Gasteiger partial charge in [-0.2, -0.15) is 0 Å². The molecule has 3 nitrogen and oxygen atoms in total. The van der Waals surface area contributed by atoms with Crippen molar-refractivity contribution in [2.24, 2.45) is 0 Å². The van der Waals surface area contributed by atoms with Crippen LogP contribution in [0, 0.1) is 0 Å². The molecule has 5 heteroatoms. The first kappa shape index (κ1) is 35.2. The van der Waals surface area contributed by atoms with E-state index in [0.29, 0.717) is 13.2 Å². The van der Waals surface area contributed by atoms with Gasteiger partial charge in [-0.25, -0.2) is 0 Å². The third kappa shape index (κ3) is 11.0. The molecule has 0 aliphatic carbocycles. The molecular weight excluding hydrogens is 537 g/mol. The zero-order chi connectivity index (χ0) is 31.3. The molecule has 2 aromatic rings. The smallest absolute Gasteiger partial charge is 0.192 e. The Bertz CT molecular complexity index is 1250. The summed E-state index contributed by atoms with van der Waals surface area (Å²) in [4.78, 5) is 0. The molecule has 0 unspecified atom stereocenters. The average Bonchev–Trinajstić information content (AvgIpc) is 2.83. The molecule has 2 aromatic carbocycles. The van der Waals surface area contributed by atoms with Gasteiger partial charge in [0.1, 0.15) is 0 Å². The van der Waals surface area contributed by atoms with Gasteiger partial charge >= 0.3 is 0 Å². The number of rotatable bonds is 11. The van der Waals surface area contributed by atoms with Crippen LogP contribution in [0.4, 0.5) is 0 Å². The molecule has 41 heavy (non-hydrogen) atoms. The average molecular weight is 593 g/mol. The summed E-state index contributed by atoms with van der Waals surface area (Å²) in [5.74, 6) is 0. The first-order chi connectivity index (χ1) is 18.6. The lowest BCUT2D eigenvalue weighted by Gasteiger charge is -2.37. The first-order valence-electron chi connectivity index (χ1n) is 14.9. The number of hydrogen-bond donors (Lipinski definition) is 1. The van der Waals surface area contributed by atoms with Gasteiger partial charge < -0.3 is 14.0 Å². The van der Waals surface area contributed by atoms with Gasteiger partial charge in [0.15, 0.2) is 16.6 Å². The van der Waals surface area contributed by atoms with Crippen molar-refractivity contribution in [2.45, 2.75) is 117 Å². The third-order valence-corrected chi connectivity index (χ3v) is 17.6. The molecule has 1 N–H and O–H groups in total. The number of aliphatic hydroxyl groups is 1. The molecule has 0 aliphatic heterocycles. The Labute approximate surface area is 253 Å². The lowest BCUT2D eigenvalue weighted by atomic mass is 10.0. The molecule has 0 aromatic heterocycles. The summed E-state index contributed by atoms with van der Waals surface area (Å²) >= 11 is 0. The minimum Gasteiger partial charge on any atom is -0.413 e. The maximum absolute atomic E-state index is 9.93. The maximum Gasteiger partial charge on any atom is 0.192 e. The number of hydrogen-bond acceptors (Lipinski definition) is 3. The molecular formula is C36H56O3Si2. The molecule has 0 radical (unpaired) electrons. The molecule has 0 saturated heterocycles. The summed E-state index contributed by atoms with van der Waals surface area (Å²) in [7, 11) is -3.77. The van der Waals surface area contributed by atoms with Crippen molar-refractivity contribution in [3.8, 4) is 0 Å². The van der Waals surface area contributed by atoms with Crippen LogP contribution in [0.3, 0.4) is 0 Å². The molecule has 0 spiro atoms. The molecule has 226 valence electrons. The summed E-state index contributed by atoms with van der Waals surface area (Å²) in [6.07, 6.45) is 10.1. The van der Waals surface area contributed by atoms with E-state index in [2.05, 4.69) is 129 Å². The second kappa shape index (κ2) is 13.5. The fourth-order valence-electron chi connectivity index (χ4n) is 3.58. The van der Waals surface area contributed by atoms with Crippen LogP contribution in [0.2, 0.25) is 36.3 Å². The lowest BCUT2D eigenvalue weighted by Crippen LogP contribution is -2.41. The van der Waals surface area contributed by atoms with Crippen LogP contribution in [-0.2, 0) is 22.1 Å². The SMILES string of the molecule is C/C(=C/C=C/C(C)(C)O)c1cccc(C=Cc2ccc(CO[Si](C)(C)C(C)(C)C)c(CO[Si](C)(C)C(C)(C)C)c2)c1. The minimum atomic E-state index is -1.90. The third-order valence-electron chi connectivity index (χ3n) is 8.68. The second-order valence-electron chi connectivity index (χ2n) is 14.9. The Morgan fingerprint density at radius 1 is 0.732 bits per heavy atom. The van der Waals surface area contributed by atoms with E-state index < -0.39 is 22.2 Å². The van der Waals surface area contributed by atoms with E-state index in [-0.39, 0.29) is 10.1 Å². The highest BCUT2D eigenvalue weighted by molar-refractivity contribution is 6.74. The summed E-state index contributed by atoms with van der Waals surface area (Å²) < 4.78 is 13.3. The molecule has 0 heterocycles. The van der Waals surface area contributed by atoms with Gasteiger partial charge in [-0.1, -0.05) is 102 Å². The predicted molar refractivity (Wildman–Crippen MR) is 185 cm³/mol. The fraction of sp³-hybridized carbons (Fsp3) is 0.500. The van der Waals surface area contributed by atoms with E-state index in [1.807, 2.05) is 12.2 Å². The van der Waals surface area contributed by atoms with E-state index in [4.69, 9.17) is 8.85 Å². The quantitative estimate of drug-likeness (QED) is 0.160. The van der Waals surface area contributed by atoms with Gasteiger partial charge in [-0.05, 0) is 103 Å². The highest BCUT2D eigenvalue weighted by atomic mass is 28.4. The number of benzene rings is 2. The predicted octanol–water partition coefficient (Wildman–Crippen LogP) is 10.6. The Balaban J connectivity index is 2.34. The molecule has 0 amide bonds. The molecule has 0 fully saturated rings. The van der Waals surface area contributed by atoms with Crippen LogP contribution < -0.4 is 0 Å². The normalized spacial score (nSPS) is 14.4. The minimum absolute atomic E-state index is 0.157. The Kier molecular flexibility index (Phi) is 11.6. The van der Waals surface area contributed by atoms with Crippen molar-refractivity contribution in [1.29, 1.82) is 0 Å². The first-order valence-corrected chi connectivity index (χ1v) is 20.7. The monoisotopic (exact) mass is 592 g/mol. The Morgan fingerprint density at radius 3 is 1.76 bits per heavy atom. The van der Waals surface area contributed by atoms with Crippen molar-refractivity contribution in [3.63, 3.8) is 0 Å². The van der Waals surface area contributed by atoms with Crippen molar-refractivity contribution < 1.29 is 14.0 Å². The van der Waals surface area contributed by atoms with Crippen molar-refractivity contribution in [2.75, 3.05) is 0 Å². The molecule has 0 atom stereocenters. The van der Waals surface area contributed by atoms with Crippen molar-refractivity contribution in [3.05, 3.63) is 88.5 Å².